The summed E-state index contributed by atoms with van der Waals surface area (Å²) in [6.45, 7) is 1.89. The van der Waals surface area contributed by atoms with Crippen molar-refractivity contribution in [3.05, 3.63) is 56.5 Å². The molecule has 104 valence electrons. The van der Waals surface area contributed by atoms with Crippen molar-refractivity contribution in [1.82, 2.24) is 0 Å². The third-order valence-corrected chi connectivity index (χ3v) is 4.01. The summed E-state index contributed by atoms with van der Waals surface area (Å²) in [5.41, 5.74) is 8.61. The maximum absolute atomic E-state index is 6.18. The largest absolute Gasteiger partial charge is 0.389 e. The molecule has 0 aliphatic heterocycles. The van der Waals surface area contributed by atoms with Crippen LogP contribution in [0.5, 0.6) is 0 Å². The number of rotatable bonds is 3. The molecular formula is C14H11Cl3N2S. The van der Waals surface area contributed by atoms with Gasteiger partial charge in [0.1, 0.15) is 4.99 Å². The summed E-state index contributed by atoms with van der Waals surface area (Å²) in [5.74, 6) is 0. The van der Waals surface area contributed by atoms with Gasteiger partial charge >= 0.3 is 0 Å². The first kappa shape index (κ1) is 15.4. The van der Waals surface area contributed by atoms with Gasteiger partial charge in [0, 0.05) is 16.3 Å². The van der Waals surface area contributed by atoms with Gasteiger partial charge in [-0.2, -0.15) is 0 Å². The van der Waals surface area contributed by atoms with Crippen LogP contribution in [-0.2, 0) is 0 Å². The average Bonchev–Trinajstić information content (AvgIpc) is 2.35. The van der Waals surface area contributed by atoms with Gasteiger partial charge in [0.15, 0.2) is 0 Å². The number of nitrogens with one attached hydrogen (secondary N) is 1. The molecule has 0 unspecified atom stereocenters. The molecule has 2 aromatic carbocycles. The molecule has 0 heterocycles. The SMILES string of the molecule is Cc1cc(Cl)c(Nc2ccc(C(N)=S)c(Cl)c2)cc1Cl. The molecule has 0 aliphatic carbocycles. The van der Waals surface area contributed by atoms with Crippen molar-refractivity contribution >= 4 is 63.4 Å². The highest BCUT2D eigenvalue weighted by atomic mass is 35.5. The topological polar surface area (TPSA) is 38.0 Å². The van der Waals surface area contributed by atoms with Crippen molar-refractivity contribution in [2.24, 2.45) is 5.73 Å². The summed E-state index contributed by atoms with van der Waals surface area (Å²) in [6, 6.07) is 8.90. The fourth-order valence-corrected chi connectivity index (χ4v) is 2.64. The van der Waals surface area contributed by atoms with Crippen molar-refractivity contribution in [3.63, 3.8) is 0 Å². The van der Waals surface area contributed by atoms with Crippen LogP contribution < -0.4 is 11.1 Å². The number of aryl methyl sites for hydroxylation is 1. The summed E-state index contributed by atoms with van der Waals surface area (Å²) in [4.78, 5) is 0.262. The fourth-order valence-electron chi connectivity index (χ4n) is 1.69. The van der Waals surface area contributed by atoms with Gasteiger partial charge in [-0.1, -0.05) is 47.0 Å². The quantitative estimate of drug-likeness (QED) is 0.738. The maximum atomic E-state index is 6.18. The molecule has 3 N–H and O–H groups in total. The Morgan fingerprint density at radius 1 is 1.05 bits per heavy atom. The molecule has 6 heteroatoms. The molecule has 2 rings (SSSR count). The van der Waals surface area contributed by atoms with Crippen molar-refractivity contribution in [2.45, 2.75) is 6.92 Å². The van der Waals surface area contributed by atoms with E-state index in [1.54, 1.807) is 24.3 Å². The van der Waals surface area contributed by atoms with Crippen molar-refractivity contribution < 1.29 is 0 Å². The van der Waals surface area contributed by atoms with Crippen LogP contribution in [0.2, 0.25) is 15.1 Å². The van der Waals surface area contributed by atoms with Gasteiger partial charge in [0.05, 0.1) is 15.7 Å². The minimum atomic E-state index is 0.262. The Bertz CT molecular complexity index is 686. The van der Waals surface area contributed by atoms with Crippen LogP contribution >= 0.6 is 47.0 Å². The highest BCUT2D eigenvalue weighted by Crippen LogP contribution is 2.32. The van der Waals surface area contributed by atoms with Gasteiger partial charge in [-0.15, -0.1) is 0 Å². The highest BCUT2D eigenvalue weighted by molar-refractivity contribution is 7.80. The molecule has 0 saturated carbocycles. The monoisotopic (exact) mass is 344 g/mol. The molecule has 0 saturated heterocycles. The van der Waals surface area contributed by atoms with E-state index in [0.29, 0.717) is 26.3 Å². The zero-order valence-corrected chi connectivity index (χ0v) is 13.6. The second-order valence-corrected chi connectivity index (χ2v) is 5.93. The predicted octanol–water partition coefficient (Wildman–Crippen LogP) is 5.33. The molecule has 0 radical (unpaired) electrons. The minimum Gasteiger partial charge on any atom is -0.389 e. The standard InChI is InChI=1S/C14H11Cl3N2S/c1-7-4-12(17)13(6-10(7)15)19-8-2-3-9(14(18)20)11(16)5-8/h2-6,19H,1H3,(H2,18,20). The van der Waals surface area contributed by atoms with Gasteiger partial charge in [0.25, 0.3) is 0 Å². The van der Waals surface area contributed by atoms with E-state index in [1.165, 1.54) is 0 Å². The smallest absolute Gasteiger partial charge is 0.105 e. The second kappa shape index (κ2) is 6.19. The molecule has 20 heavy (non-hydrogen) atoms. The number of thiocarbonyl (C=S) groups is 1. The summed E-state index contributed by atoms with van der Waals surface area (Å²) >= 11 is 23.3. The van der Waals surface area contributed by atoms with Crippen LogP contribution in [0.25, 0.3) is 0 Å². The van der Waals surface area contributed by atoms with E-state index in [0.717, 1.165) is 11.3 Å². The van der Waals surface area contributed by atoms with Gasteiger partial charge in [0.2, 0.25) is 0 Å². The lowest BCUT2D eigenvalue weighted by Gasteiger charge is -2.12. The lowest BCUT2D eigenvalue weighted by molar-refractivity contribution is 1.45. The van der Waals surface area contributed by atoms with Gasteiger partial charge in [-0.3, -0.25) is 0 Å². The Kier molecular flexibility index (Phi) is 4.76. The average molecular weight is 346 g/mol. The summed E-state index contributed by atoms with van der Waals surface area (Å²) in [7, 11) is 0. The molecule has 0 bridgehead atoms. The molecular weight excluding hydrogens is 335 g/mol. The van der Waals surface area contributed by atoms with Crippen LogP contribution in [0.3, 0.4) is 0 Å². The van der Waals surface area contributed by atoms with Crippen LogP contribution in [-0.4, -0.2) is 4.99 Å². The maximum Gasteiger partial charge on any atom is 0.105 e. The normalized spacial score (nSPS) is 10.4. The van der Waals surface area contributed by atoms with E-state index in [-0.39, 0.29) is 4.99 Å². The summed E-state index contributed by atoms with van der Waals surface area (Å²) in [5, 5.41) is 4.87. The highest BCUT2D eigenvalue weighted by Gasteiger charge is 2.08. The Labute approximate surface area is 137 Å². The van der Waals surface area contributed by atoms with E-state index in [2.05, 4.69) is 5.32 Å². The van der Waals surface area contributed by atoms with E-state index >= 15 is 0 Å². The Balaban J connectivity index is 2.33. The molecule has 0 aliphatic rings. The Morgan fingerprint density at radius 2 is 1.75 bits per heavy atom. The van der Waals surface area contributed by atoms with E-state index in [4.69, 9.17) is 52.8 Å². The first-order valence-corrected chi connectivity index (χ1v) is 7.24. The number of benzene rings is 2. The fraction of sp³-hybridized carbons (Fsp3) is 0.0714. The summed E-state index contributed by atoms with van der Waals surface area (Å²) in [6.07, 6.45) is 0. The van der Waals surface area contributed by atoms with Crippen molar-refractivity contribution in [1.29, 1.82) is 0 Å². The molecule has 2 aromatic rings. The third kappa shape index (κ3) is 3.36. The molecule has 0 amide bonds. The van der Waals surface area contributed by atoms with Crippen LogP contribution in [0, 0.1) is 6.92 Å². The predicted molar refractivity (Wildman–Crippen MR) is 91.8 cm³/mol. The number of nitrogens with two attached hydrogens (primary N) is 1. The lowest BCUT2D eigenvalue weighted by Crippen LogP contribution is -2.09. The zero-order chi connectivity index (χ0) is 14.9. The first-order valence-electron chi connectivity index (χ1n) is 5.70. The van der Waals surface area contributed by atoms with Crippen molar-refractivity contribution in [3.8, 4) is 0 Å². The molecule has 0 atom stereocenters. The number of hydrogen-bond acceptors (Lipinski definition) is 2. The summed E-state index contributed by atoms with van der Waals surface area (Å²) < 4.78 is 0. The van der Waals surface area contributed by atoms with Gasteiger partial charge in [-0.05, 0) is 42.8 Å². The van der Waals surface area contributed by atoms with Crippen LogP contribution in [0.1, 0.15) is 11.1 Å². The molecule has 0 aromatic heterocycles. The lowest BCUT2D eigenvalue weighted by atomic mass is 10.2. The van der Waals surface area contributed by atoms with Gasteiger partial charge in [-0.25, -0.2) is 0 Å². The van der Waals surface area contributed by atoms with E-state index in [1.807, 2.05) is 13.0 Å². The number of hydrogen-bond donors (Lipinski definition) is 2. The van der Waals surface area contributed by atoms with Crippen LogP contribution in [0.4, 0.5) is 11.4 Å². The first-order chi connectivity index (χ1) is 9.38. The van der Waals surface area contributed by atoms with Crippen LogP contribution in [0.15, 0.2) is 30.3 Å². The van der Waals surface area contributed by atoms with E-state index in [9.17, 15) is 0 Å². The Morgan fingerprint density at radius 3 is 2.35 bits per heavy atom. The second-order valence-electron chi connectivity index (χ2n) is 4.27. The number of halogens is 3. The van der Waals surface area contributed by atoms with E-state index < -0.39 is 0 Å². The van der Waals surface area contributed by atoms with Crippen molar-refractivity contribution in [2.75, 3.05) is 5.32 Å². The molecule has 0 fully saturated rings. The molecule has 0 spiro atoms. The third-order valence-electron chi connectivity index (χ3n) is 2.76. The Hall–Kier alpha value is -1.000. The molecule has 2 nitrogen and oxygen atoms in total. The minimum absolute atomic E-state index is 0.262. The zero-order valence-electron chi connectivity index (χ0n) is 10.5. The van der Waals surface area contributed by atoms with Gasteiger partial charge < -0.3 is 11.1 Å². The number of anilines is 2.